The Morgan fingerprint density at radius 2 is 1.94 bits per heavy atom. The van der Waals surface area contributed by atoms with Crippen LogP contribution in [0.25, 0.3) is 0 Å². The van der Waals surface area contributed by atoms with E-state index in [1.165, 1.54) is 12.5 Å². The first kappa shape index (κ1) is 12.7. The van der Waals surface area contributed by atoms with Gasteiger partial charge in [0.25, 0.3) is 0 Å². The van der Waals surface area contributed by atoms with E-state index in [4.69, 9.17) is 0 Å². The van der Waals surface area contributed by atoms with Gasteiger partial charge in [0.05, 0.1) is 0 Å². The van der Waals surface area contributed by atoms with Gasteiger partial charge in [-0.15, -0.1) is 0 Å². The zero-order valence-corrected chi connectivity index (χ0v) is 10.2. The summed E-state index contributed by atoms with van der Waals surface area (Å²) < 4.78 is 0. The quantitative estimate of drug-likeness (QED) is 0.800. The van der Waals surface area contributed by atoms with Crippen LogP contribution in [-0.2, 0) is 11.3 Å². The molecule has 1 unspecified atom stereocenters. The highest BCUT2D eigenvalue weighted by atomic mass is 16.1. The lowest BCUT2D eigenvalue weighted by Crippen LogP contribution is -2.24. The summed E-state index contributed by atoms with van der Waals surface area (Å²) in [4.78, 5) is 10.8. The van der Waals surface area contributed by atoms with E-state index in [-0.39, 0.29) is 5.91 Å². The van der Waals surface area contributed by atoms with Crippen molar-refractivity contribution in [1.82, 2.24) is 5.32 Å². The minimum absolute atomic E-state index is 0.0366. The van der Waals surface area contributed by atoms with Crippen LogP contribution >= 0.6 is 0 Å². The van der Waals surface area contributed by atoms with E-state index in [9.17, 15) is 4.79 Å². The molecule has 1 atom stereocenters. The van der Waals surface area contributed by atoms with E-state index in [1.807, 2.05) is 24.3 Å². The molecule has 0 heterocycles. The molecule has 1 aromatic carbocycles. The molecule has 1 rings (SSSR count). The Balaban J connectivity index is 2.48. The van der Waals surface area contributed by atoms with Gasteiger partial charge in [-0.05, 0) is 31.0 Å². The van der Waals surface area contributed by atoms with E-state index in [2.05, 4.69) is 24.5 Å². The van der Waals surface area contributed by atoms with Crippen molar-refractivity contribution >= 4 is 11.6 Å². The summed E-state index contributed by atoms with van der Waals surface area (Å²) in [5.41, 5.74) is 2.08. The monoisotopic (exact) mass is 220 g/mol. The largest absolute Gasteiger partial charge is 0.326 e. The zero-order valence-electron chi connectivity index (χ0n) is 10.2. The van der Waals surface area contributed by atoms with Crippen LogP contribution in [0.2, 0.25) is 0 Å². The molecule has 0 aromatic heterocycles. The lowest BCUT2D eigenvalue weighted by Gasteiger charge is -2.11. The van der Waals surface area contributed by atoms with Crippen LogP contribution in [-0.4, -0.2) is 11.9 Å². The highest BCUT2D eigenvalue weighted by molar-refractivity contribution is 5.88. The zero-order chi connectivity index (χ0) is 12.0. The first-order valence-electron chi connectivity index (χ1n) is 5.71. The van der Waals surface area contributed by atoms with Crippen LogP contribution in [0.4, 0.5) is 5.69 Å². The predicted molar refractivity (Wildman–Crippen MR) is 67.3 cm³/mol. The van der Waals surface area contributed by atoms with E-state index >= 15 is 0 Å². The van der Waals surface area contributed by atoms with Crippen LogP contribution in [0.5, 0.6) is 0 Å². The summed E-state index contributed by atoms with van der Waals surface area (Å²) in [5, 5.41) is 6.17. The molecule has 2 N–H and O–H groups in total. The molecule has 1 amide bonds. The van der Waals surface area contributed by atoms with E-state index < -0.39 is 0 Å². The van der Waals surface area contributed by atoms with Gasteiger partial charge in [-0.25, -0.2) is 0 Å². The second-order valence-electron chi connectivity index (χ2n) is 4.07. The molecule has 0 aliphatic heterocycles. The van der Waals surface area contributed by atoms with Gasteiger partial charge in [0.2, 0.25) is 5.91 Å². The molecule has 0 bridgehead atoms. The SMILES string of the molecule is CCC(C)NCc1ccc(NC(C)=O)cc1. The third-order valence-electron chi connectivity index (χ3n) is 2.54. The normalized spacial score (nSPS) is 12.2. The molecule has 3 nitrogen and oxygen atoms in total. The summed E-state index contributed by atoms with van der Waals surface area (Å²) in [6.07, 6.45) is 1.13. The molecular weight excluding hydrogens is 200 g/mol. The summed E-state index contributed by atoms with van der Waals surface area (Å²) in [7, 11) is 0. The number of hydrogen-bond donors (Lipinski definition) is 2. The number of nitrogens with one attached hydrogen (secondary N) is 2. The number of carbonyl (C=O) groups excluding carboxylic acids is 1. The molecule has 16 heavy (non-hydrogen) atoms. The van der Waals surface area contributed by atoms with Crippen LogP contribution in [0.15, 0.2) is 24.3 Å². The van der Waals surface area contributed by atoms with Crippen molar-refractivity contribution in [3.8, 4) is 0 Å². The van der Waals surface area contributed by atoms with Crippen molar-refractivity contribution in [1.29, 1.82) is 0 Å². The summed E-state index contributed by atoms with van der Waals surface area (Å²) in [6.45, 7) is 6.72. The number of benzene rings is 1. The van der Waals surface area contributed by atoms with Crippen LogP contribution in [0.3, 0.4) is 0 Å². The van der Waals surface area contributed by atoms with Crippen LogP contribution in [0, 0.1) is 0 Å². The van der Waals surface area contributed by atoms with E-state index in [0.29, 0.717) is 6.04 Å². The van der Waals surface area contributed by atoms with Crippen molar-refractivity contribution in [2.75, 3.05) is 5.32 Å². The molecule has 88 valence electrons. The molecule has 0 saturated carbocycles. The second kappa shape index (κ2) is 6.28. The molecule has 3 heteroatoms. The van der Waals surface area contributed by atoms with E-state index in [0.717, 1.165) is 18.7 Å². The minimum atomic E-state index is -0.0366. The van der Waals surface area contributed by atoms with Crippen LogP contribution < -0.4 is 10.6 Å². The highest BCUT2D eigenvalue weighted by Gasteiger charge is 1.99. The first-order valence-corrected chi connectivity index (χ1v) is 5.71. The number of anilines is 1. The van der Waals surface area contributed by atoms with Gasteiger partial charge in [0.15, 0.2) is 0 Å². The Kier molecular flexibility index (Phi) is 4.99. The number of hydrogen-bond acceptors (Lipinski definition) is 2. The molecule has 1 aromatic rings. The fraction of sp³-hybridized carbons (Fsp3) is 0.462. The van der Waals surface area contributed by atoms with Gasteiger partial charge in [-0.1, -0.05) is 19.1 Å². The fourth-order valence-electron chi connectivity index (χ4n) is 1.35. The summed E-state index contributed by atoms with van der Waals surface area (Å²) >= 11 is 0. The second-order valence-corrected chi connectivity index (χ2v) is 4.07. The maximum atomic E-state index is 10.8. The number of amides is 1. The lowest BCUT2D eigenvalue weighted by molar-refractivity contribution is -0.114. The number of rotatable bonds is 5. The standard InChI is InChI=1S/C13H20N2O/c1-4-10(2)14-9-12-5-7-13(8-6-12)15-11(3)16/h5-8,10,14H,4,9H2,1-3H3,(H,15,16). The van der Waals surface area contributed by atoms with E-state index in [1.54, 1.807) is 0 Å². The Hall–Kier alpha value is -1.35. The highest BCUT2D eigenvalue weighted by Crippen LogP contribution is 2.09. The Labute approximate surface area is 97.2 Å². The molecule has 0 aliphatic rings. The smallest absolute Gasteiger partial charge is 0.221 e. The number of carbonyl (C=O) groups is 1. The molecule has 0 radical (unpaired) electrons. The lowest BCUT2D eigenvalue weighted by atomic mass is 10.2. The third-order valence-corrected chi connectivity index (χ3v) is 2.54. The molecule has 0 spiro atoms. The Morgan fingerprint density at radius 1 is 1.31 bits per heavy atom. The maximum absolute atomic E-state index is 10.8. The average Bonchev–Trinajstić information content (AvgIpc) is 2.27. The van der Waals surface area contributed by atoms with Crippen molar-refractivity contribution in [2.45, 2.75) is 39.8 Å². The third kappa shape index (κ3) is 4.45. The Morgan fingerprint density at radius 3 is 2.44 bits per heavy atom. The fourth-order valence-corrected chi connectivity index (χ4v) is 1.35. The molecular formula is C13H20N2O. The van der Waals surface area contributed by atoms with Crippen LogP contribution in [0.1, 0.15) is 32.8 Å². The maximum Gasteiger partial charge on any atom is 0.221 e. The van der Waals surface area contributed by atoms with Crippen molar-refractivity contribution in [2.24, 2.45) is 0 Å². The Bertz CT molecular complexity index is 332. The minimum Gasteiger partial charge on any atom is -0.326 e. The van der Waals surface area contributed by atoms with Gasteiger partial charge < -0.3 is 10.6 Å². The predicted octanol–water partition coefficient (Wildman–Crippen LogP) is 2.53. The molecule has 0 fully saturated rings. The van der Waals surface area contributed by atoms with Gasteiger partial charge in [-0.3, -0.25) is 4.79 Å². The van der Waals surface area contributed by atoms with Gasteiger partial charge in [0.1, 0.15) is 0 Å². The average molecular weight is 220 g/mol. The van der Waals surface area contributed by atoms with Crippen molar-refractivity contribution < 1.29 is 4.79 Å². The first-order chi connectivity index (χ1) is 7.61. The summed E-state index contributed by atoms with van der Waals surface area (Å²) in [5.74, 6) is -0.0366. The van der Waals surface area contributed by atoms with Crippen molar-refractivity contribution in [3.63, 3.8) is 0 Å². The molecule has 0 aliphatic carbocycles. The van der Waals surface area contributed by atoms with Gasteiger partial charge >= 0.3 is 0 Å². The van der Waals surface area contributed by atoms with Gasteiger partial charge in [-0.2, -0.15) is 0 Å². The topological polar surface area (TPSA) is 41.1 Å². The molecule has 0 saturated heterocycles. The van der Waals surface area contributed by atoms with Crippen molar-refractivity contribution in [3.05, 3.63) is 29.8 Å². The summed E-state index contributed by atoms with van der Waals surface area (Å²) in [6, 6.07) is 8.45. The van der Waals surface area contributed by atoms with Gasteiger partial charge in [0, 0.05) is 25.2 Å².